The molecule has 5 rings (SSSR count). The normalized spacial score (nSPS) is 16.8. The zero-order valence-electron chi connectivity index (χ0n) is 24.9. The zero-order valence-corrected chi connectivity index (χ0v) is 25.8. The van der Waals surface area contributed by atoms with Crippen LogP contribution in [0.2, 0.25) is 0 Å². The molecule has 1 saturated carbocycles. The van der Waals surface area contributed by atoms with E-state index in [9.17, 15) is 28.9 Å². The van der Waals surface area contributed by atoms with E-state index in [1.807, 2.05) is 54.6 Å². The van der Waals surface area contributed by atoms with Crippen molar-refractivity contribution in [2.24, 2.45) is 11.1 Å². The van der Waals surface area contributed by atoms with Gasteiger partial charge in [-0.05, 0) is 47.7 Å². The molecule has 11 heteroatoms. The van der Waals surface area contributed by atoms with Crippen LogP contribution in [0.15, 0.2) is 85.1 Å². The molecule has 45 heavy (non-hydrogen) atoms. The van der Waals surface area contributed by atoms with Crippen LogP contribution in [0.25, 0.3) is 10.9 Å². The molecule has 0 aliphatic heterocycles. The van der Waals surface area contributed by atoms with Crippen LogP contribution >= 0.6 is 7.37 Å². The topological polar surface area (TPSA) is 175 Å². The molecule has 1 aliphatic carbocycles. The molecule has 2 amide bonds. The van der Waals surface area contributed by atoms with E-state index in [4.69, 9.17) is 5.73 Å². The van der Waals surface area contributed by atoms with Crippen LogP contribution < -0.4 is 16.4 Å². The molecular formula is C34H39N4O6P. The molecule has 1 fully saturated rings. The molecule has 1 heterocycles. The summed E-state index contributed by atoms with van der Waals surface area (Å²) in [4.78, 5) is 54.3. The summed E-state index contributed by atoms with van der Waals surface area (Å²) in [6, 6.07) is 22.1. The van der Waals surface area contributed by atoms with Gasteiger partial charge in [0.25, 0.3) is 5.91 Å². The first-order valence-electron chi connectivity index (χ1n) is 15.1. The van der Waals surface area contributed by atoms with Gasteiger partial charge in [-0.15, -0.1) is 0 Å². The van der Waals surface area contributed by atoms with Gasteiger partial charge in [-0.3, -0.25) is 14.2 Å². The number of rotatable bonds is 13. The van der Waals surface area contributed by atoms with Crippen LogP contribution in [-0.2, 0) is 33.5 Å². The van der Waals surface area contributed by atoms with Crippen molar-refractivity contribution in [1.82, 2.24) is 15.6 Å². The second-order valence-electron chi connectivity index (χ2n) is 11.9. The van der Waals surface area contributed by atoms with Gasteiger partial charge in [0.1, 0.15) is 11.8 Å². The number of H-pyrrole nitrogens is 1. The second-order valence-corrected chi connectivity index (χ2v) is 14.4. The Bertz CT molecular complexity index is 1700. The molecule has 7 N–H and O–H groups in total. The highest BCUT2D eigenvalue weighted by Crippen LogP contribution is 2.55. The lowest BCUT2D eigenvalue weighted by molar-refractivity contribution is -0.143. The maximum Gasteiger partial charge on any atom is 0.326 e. The minimum Gasteiger partial charge on any atom is -0.480 e. The first-order chi connectivity index (χ1) is 21.6. The van der Waals surface area contributed by atoms with E-state index in [0.717, 1.165) is 27.6 Å². The Morgan fingerprint density at radius 1 is 0.889 bits per heavy atom. The molecule has 4 aromatic rings. The number of aliphatic carboxylic acids is 1. The van der Waals surface area contributed by atoms with Gasteiger partial charge in [-0.25, -0.2) is 4.79 Å². The molecule has 1 unspecified atom stereocenters. The third-order valence-electron chi connectivity index (χ3n) is 8.78. The summed E-state index contributed by atoms with van der Waals surface area (Å²) in [7, 11) is -4.25. The summed E-state index contributed by atoms with van der Waals surface area (Å²) in [6.45, 7) is 0.318. The third-order valence-corrected chi connectivity index (χ3v) is 11.1. The Hall–Kier alpha value is -4.24. The molecule has 0 radical (unpaired) electrons. The number of aromatic nitrogens is 1. The van der Waals surface area contributed by atoms with Crippen molar-refractivity contribution in [2.75, 3.05) is 6.16 Å². The third kappa shape index (κ3) is 7.53. The molecule has 1 aliphatic rings. The van der Waals surface area contributed by atoms with Crippen molar-refractivity contribution >= 4 is 36.1 Å². The maximum atomic E-state index is 14.3. The van der Waals surface area contributed by atoms with E-state index >= 15 is 0 Å². The standard InChI is InChI=1S/C34H39N4O6P/c35-20-24-12-14-25(15-13-24)31(39)38-30(18-23-8-2-1-3-9-23)45(43,44)22-34(16-6-7-17-34)33(42)37-29(32(40)41)19-26-21-36-28-11-5-4-10-27(26)28/h1-5,8-15,21,29-30,36H,6-7,16-20,22,35H2,(H,37,42)(H,38,39)(H,40,41)(H,43,44)/t29-,30+/m0/s1. The molecule has 10 nitrogen and oxygen atoms in total. The van der Waals surface area contributed by atoms with Crippen molar-refractivity contribution < 1.29 is 28.9 Å². The number of benzene rings is 3. The predicted molar refractivity (Wildman–Crippen MR) is 173 cm³/mol. The fourth-order valence-electron chi connectivity index (χ4n) is 6.24. The number of nitrogens with one attached hydrogen (secondary N) is 3. The monoisotopic (exact) mass is 630 g/mol. The van der Waals surface area contributed by atoms with Gasteiger partial charge in [-0.1, -0.05) is 73.5 Å². The number of para-hydroxylation sites is 1. The number of hydrogen-bond acceptors (Lipinski definition) is 5. The quantitative estimate of drug-likeness (QED) is 0.117. The summed E-state index contributed by atoms with van der Waals surface area (Å²) in [5.41, 5.74) is 7.96. The number of amides is 2. The van der Waals surface area contributed by atoms with Gasteiger partial charge < -0.3 is 31.4 Å². The lowest BCUT2D eigenvalue weighted by atomic mass is 9.87. The molecule has 0 bridgehead atoms. The summed E-state index contributed by atoms with van der Waals surface area (Å²) in [5.74, 6) is -3.43. The number of carbonyl (C=O) groups is 3. The summed E-state index contributed by atoms with van der Waals surface area (Å²) < 4.78 is 14.3. The van der Waals surface area contributed by atoms with Crippen LogP contribution in [0.5, 0.6) is 0 Å². The fourth-order valence-corrected chi connectivity index (χ4v) is 8.61. The Morgan fingerprint density at radius 3 is 2.22 bits per heavy atom. The minimum absolute atomic E-state index is 0.0492. The molecule has 1 aromatic heterocycles. The lowest BCUT2D eigenvalue weighted by Gasteiger charge is -2.34. The molecule has 0 spiro atoms. The highest BCUT2D eigenvalue weighted by Gasteiger charge is 2.49. The average molecular weight is 631 g/mol. The number of carboxylic acids is 1. The largest absolute Gasteiger partial charge is 0.480 e. The first-order valence-corrected chi connectivity index (χ1v) is 17.1. The number of carbonyl (C=O) groups excluding carboxylic acids is 2. The molecular weight excluding hydrogens is 591 g/mol. The zero-order chi connectivity index (χ0) is 32.0. The molecule has 3 atom stereocenters. The number of aromatic amines is 1. The van der Waals surface area contributed by atoms with Gasteiger partial charge >= 0.3 is 5.97 Å². The fraction of sp³-hybridized carbons (Fsp3) is 0.324. The second kappa shape index (κ2) is 13.8. The smallest absolute Gasteiger partial charge is 0.326 e. The van der Waals surface area contributed by atoms with E-state index < -0.39 is 42.4 Å². The van der Waals surface area contributed by atoms with E-state index in [0.29, 0.717) is 37.8 Å². The average Bonchev–Trinajstić information content (AvgIpc) is 3.68. The van der Waals surface area contributed by atoms with Crippen LogP contribution in [0.4, 0.5) is 0 Å². The number of fused-ring (bicyclic) bond motifs is 1. The van der Waals surface area contributed by atoms with E-state index in [-0.39, 0.29) is 19.0 Å². The van der Waals surface area contributed by atoms with Gasteiger partial charge in [0.2, 0.25) is 13.3 Å². The Labute approximate surface area is 261 Å². The Balaban J connectivity index is 1.38. The van der Waals surface area contributed by atoms with Crippen molar-refractivity contribution in [2.45, 2.75) is 56.9 Å². The van der Waals surface area contributed by atoms with Gasteiger partial charge in [-0.2, -0.15) is 0 Å². The Kier molecular flexibility index (Phi) is 9.87. The molecule has 236 valence electrons. The predicted octanol–water partition coefficient (Wildman–Crippen LogP) is 4.57. The summed E-state index contributed by atoms with van der Waals surface area (Å²) in [6.07, 6.45) is 3.50. The van der Waals surface area contributed by atoms with Gasteiger partial charge in [0.15, 0.2) is 0 Å². The van der Waals surface area contributed by atoms with Crippen molar-refractivity contribution in [3.63, 3.8) is 0 Å². The molecule has 3 aromatic carbocycles. The number of hydrogen-bond donors (Lipinski definition) is 6. The highest BCUT2D eigenvalue weighted by atomic mass is 31.2. The Morgan fingerprint density at radius 2 is 1.56 bits per heavy atom. The van der Waals surface area contributed by atoms with Crippen molar-refractivity contribution in [3.8, 4) is 0 Å². The van der Waals surface area contributed by atoms with Crippen molar-refractivity contribution in [3.05, 3.63) is 107 Å². The van der Waals surface area contributed by atoms with Crippen LogP contribution in [0.3, 0.4) is 0 Å². The summed E-state index contributed by atoms with van der Waals surface area (Å²) >= 11 is 0. The molecule has 0 saturated heterocycles. The lowest BCUT2D eigenvalue weighted by Crippen LogP contribution is -2.50. The summed E-state index contributed by atoms with van der Waals surface area (Å²) in [5, 5.41) is 16.4. The van der Waals surface area contributed by atoms with E-state index in [1.165, 1.54) is 0 Å². The minimum atomic E-state index is -4.25. The van der Waals surface area contributed by atoms with E-state index in [2.05, 4.69) is 15.6 Å². The highest BCUT2D eigenvalue weighted by molar-refractivity contribution is 7.58. The van der Waals surface area contributed by atoms with Gasteiger partial charge in [0.05, 0.1) is 5.41 Å². The van der Waals surface area contributed by atoms with E-state index in [1.54, 1.807) is 30.5 Å². The number of carboxylic acid groups (broad SMARTS) is 1. The van der Waals surface area contributed by atoms with Crippen LogP contribution in [0.1, 0.15) is 52.7 Å². The van der Waals surface area contributed by atoms with Crippen LogP contribution in [0, 0.1) is 5.41 Å². The first kappa shape index (κ1) is 32.2. The van der Waals surface area contributed by atoms with Crippen molar-refractivity contribution in [1.29, 1.82) is 0 Å². The van der Waals surface area contributed by atoms with Gasteiger partial charge in [0, 0.05) is 48.2 Å². The maximum absolute atomic E-state index is 14.3. The van der Waals surface area contributed by atoms with Crippen LogP contribution in [-0.4, -0.2) is 50.8 Å². The SMILES string of the molecule is NCc1ccc(C(=O)N[C@@H](Cc2ccccc2)P(=O)(O)CC2(C(=O)N[C@@H](Cc3c[nH]c4ccccc34)C(=O)O)CCCC2)cc1. The number of nitrogens with two attached hydrogens (primary N) is 1.